The molecule has 0 saturated heterocycles. The minimum absolute atomic E-state index is 0.175. The fraction of sp³-hybridized carbons (Fsp3) is 0.636. The summed E-state index contributed by atoms with van der Waals surface area (Å²) in [6.07, 6.45) is 3.09. The number of rotatable bonds is 8. The van der Waals surface area contributed by atoms with E-state index >= 15 is 0 Å². The summed E-state index contributed by atoms with van der Waals surface area (Å²) in [7, 11) is -3.60. The third kappa shape index (κ3) is 5.84. The first-order chi connectivity index (χ1) is 8.94. The fourth-order valence-electron chi connectivity index (χ4n) is 1.54. The third-order valence-corrected chi connectivity index (χ3v) is 3.75. The lowest BCUT2D eigenvalue weighted by molar-refractivity contribution is -0.139. The van der Waals surface area contributed by atoms with E-state index in [-0.39, 0.29) is 13.2 Å². The average Bonchev–Trinajstić information content (AvgIpc) is 2.70. The molecule has 0 aliphatic carbocycles. The van der Waals surface area contributed by atoms with Gasteiger partial charge in [-0.3, -0.25) is 9.89 Å². The van der Waals surface area contributed by atoms with Crippen molar-refractivity contribution >= 4 is 16.0 Å². The van der Waals surface area contributed by atoms with E-state index in [1.165, 1.54) is 0 Å². The van der Waals surface area contributed by atoms with Crippen LogP contribution in [0.15, 0.2) is 6.20 Å². The van der Waals surface area contributed by atoms with E-state index in [2.05, 4.69) is 19.7 Å². The average molecular weight is 289 g/mol. The van der Waals surface area contributed by atoms with Crippen LogP contribution in [-0.2, 0) is 26.0 Å². The maximum Gasteiger partial charge on any atom is 0.322 e. The van der Waals surface area contributed by atoms with Gasteiger partial charge in [-0.25, -0.2) is 13.1 Å². The van der Waals surface area contributed by atoms with Gasteiger partial charge in [-0.15, -0.1) is 0 Å². The number of aromatic nitrogens is 2. The number of nitrogens with zero attached hydrogens (tertiary/aromatic N) is 1. The zero-order chi connectivity index (χ0) is 14.3. The number of ether oxygens (including phenoxy) is 1. The predicted octanol–water partition coefficient (Wildman–Crippen LogP) is 0.133. The number of hydrogen-bond donors (Lipinski definition) is 2. The van der Waals surface area contributed by atoms with Crippen molar-refractivity contribution in [1.82, 2.24) is 14.9 Å². The molecule has 1 rings (SSSR count). The first-order valence-electron chi connectivity index (χ1n) is 6.06. The Bertz CT molecular complexity index is 510. The lowest BCUT2D eigenvalue weighted by atomic mass is 10.1. The van der Waals surface area contributed by atoms with E-state index in [9.17, 15) is 13.2 Å². The molecule has 1 aromatic rings. The highest BCUT2D eigenvalue weighted by Gasteiger charge is 2.16. The van der Waals surface area contributed by atoms with Crippen LogP contribution >= 0.6 is 0 Å². The smallest absolute Gasteiger partial charge is 0.322 e. The molecule has 0 aliphatic rings. The van der Waals surface area contributed by atoms with Gasteiger partial charge < -0.3 is 4.74 Å². The van der Waals surface area contributed by atoms with Crippen LogP contribution < -0.4 is 4.72 Å². The molecule has 7 nitrogen and oxygen atoms in total. The van der Waals surface area contributed by atoms with Crippen LogP contribution in [0.3, 0.4) is 0 Å². The minimum atomic E-state index is -3.60. The molecule has 0 spiro atoms. The van der Waals surface area contributed by atoms with Crippen molar-refractivity contribution in [3.8, 4) is 0 Å². The Morgan fingerprint density at radius 3 is 2.84 bits per heavy atom. The molecule has 1 aromatic heterocycles. The number of H-pyrrole nitrogens is 1. The zero-order valence-electron chi connectivity index (χ0n) is 11.1. The van der Waals surface area contributed by atoms with Crippen molar-refractivity contribution in [2.24, 2.45) is 0 Å². The van der Waals surface area contributed by atoms with E-state index in [0.29, 0.717) is 6.42 Å². The molecule has 0 unspecified atom stereocenters. The Balaban J connectivity index is 2.28. The SMILES string of the molecule is CCOC(=O)CS(=O)(=O)NCCCc1cn[nH]c1C. The molecule has 0 aromatic carbocycles. The van der Waals surface area contributed by atoms with Crippen LogP contribution in [0.4, 0.5) is 0 Å². The summed E-state index contributed by atoms with van der Waals surface area (Å²) < 4.78 is 30.0. The highest BCUT2D eigenvalue weighted by atomic mass is 32.2. The molecule has 1 heterocycles. The van der Waals surface area contributed by atoms with Gasteiger partial charge in [0.15, 0.2) is 5.75 Å². The number of esters is 1. The summed E-state index contributed by atoms with van der Waals surface area (Å²) in [4.78, 5) is 11.1. The second-order valence-corrected chi connectivity index (χ2v) is 5.89. The van der Waals surface area contributed by atoms with Crippen LogP contribution in [0.2, 0.25) is 0 Å². The number of hydrogen-bond acceptors (Lipinski definition) is 5. The normalized spacial score (nSPS) is 11.5. The van der Waals surface area contributed by atoms with Gasteiger partial charge in [0.2, 0.25) is 10.0 Å². The maximum atomic E-state index is 11.5. The van der Waals surface area contributed by atoms with E-state index in [0.717, 1.165) is 17.7 Å². The lowest BCUT2D eigenvalue weighted by Gasteiger charge is -2.06. The second kappa shape index (κ2) is 7.25. The van der Waals surface area contributed by atoms with Gasteiger partial charge >= 0.3 is 5.97 Å². The van der Waals surface area contributed by atoms with Gasteiger partial charge in [0.05, 0.1) is 12.8 Å². The monoisotopic (exact) mass is 289 g/mol. The van der Waals surface area contributed by atoms with Crippen molar-refractivity contribution in [3.63, 3.8) is 0 Å². The molecule has 0 atom stereocenters. The van der Waals surface area contributed by atoms with E-state index in [4.69, 9.17) is 0 Å². The second-order valence-electron chi connectivity index (χ2n) is 4.08. The number of aryl methyl sites for hydroxylation is 2. The molecule has 108 valence electrons. The van der Waals surface area contributed by atoms with Crippen LogP contribution in [-0.4, -0.2) is 43.5 Å². The summed E-state index contributed by atoms with van der Waals surface area (Å²) in [5, 5.41) is 6.70. The Morgan fingerprint density at radius 2 is 2.26 bits per heavy atom. The highest BCUT2D eigenvalue weighted by Crippen LogP contribution is 2.05. The Labute approximate surface area is 112 Å². The number of carbonyl (C=O) groups is 1. The van der Waals surface area contributed by atoms with Crippen molar-refractivity contribution in [1.29, 1.82) is 0 Å². The fourth-order valence-corrected chi connectivity index (χ4v) is 2.49. The van der Waals surface area contributed by atoms with Crippen molar-refractivity contribution in [3.05, 3.63) is 17.5 Å². The van der Waals surface area contributed by atoms with Gasteiger partial charge in [0.1, 0.15) is 0 Å². The van der Waals surface area contributed by atoms with E-state index in [1.54, 1.807) is 13.1 Å². The minimum Gasteiger partial charge on any atom is -0.465 e. The van der Waals surface area contributed by atoms with Crippen LogP contribution in [0.25, 0.3) is 0 Å². The van der Waals surface area contributed by atoms with Gasteiger partial charge in [0.25, 0.3) is 0 Å². The molecule has 0 radical (unpaired) electrons. The molecule has 2 N–H and O–H groups in total. The van der Waals surface area contributed by atoms with Gasteiger partial charge in [-0.1, -0.05) is 0 Å². The highest BCUT2D eigenvalue weighted by molar-refractivity contribution is 7.90. The number of aromatic amines is 1. The topological polar surface area (TPSA) is 101 Å². The van der Waals surface area contributed by atoms with Crippen molar-refractivity contribution in [2.45, 2.75) is 26.7 Å². The molecule has 19 heavy (non-hydrogen) atoms. The Morgan fingerprint density at radius 1 is 1.53 bits per heavy atom. The summed E-state index contributed by atoms with van der Waals surface area (Å²) in [6.45, 7) is 4.00. The molecular formula is C11H19N3O4S. The molecule has 0 bridgehead atoms. The summed E-state index contributed by atoms with van der Waals surface area (Å²) in [5.74, 6) is -1.37. The Kier molecular flexibility index (Phi) is 5.97. The molecule has 0 fully saturated rings. The largest absolute Gasteiger partial charge is 0.465 e. The van der Waals surface area contributed by atoms with E-state index in [1.807, 2.05) is 6.92 Å². The first kappa shape index (κ1) is 15.6. The first-order valence-corrected chi connectivity index (χ1v) is 7.71. The third-order valence-electron chi connectivity index (χ3n) is 2.49. The van der Waals surface area contributed by atoms with Gasteiger partial charge in [0, 0.05) is 12.2 Å². The molecular weight excluding hydrogens is 270 g/mol. The zero-order valence-corrected chi connectivity index (χ0v) is 11.9. The predicted molar refractivity (Wildman–Crippen MR) is 70.1 cm³/mol. The maximum absolute atomic E-state index is 11.5. The lowest BCUT2D eigenvalue weighted by Crippen LogP contribution is -2.31. The van der Waals surface area contributed by atoms with Crippen LogP contribution in [0.1, 0.15) is 24.6 Å². The summed E-state index contributed by atoms with van der Waals surface area (Å²) in [5.41, 5.74) is 2.04. The summed E-state index contributed by atoms with van der Waals surface area (Å²) >= 11 is 0. The van der Waals surface area contributed by atoms with Gasteiger partial charge in [-0.2, -0.15) is 5.10 Å². The van der Waals surface area contributed by atoms with Gasteiger partial charge in [-0.05, 0) is 32.3 Å². The van der Waals surface area contributed by atoms with Crippen LogP contribution in [0.5, 0.6) is 0 Å². The summed E-state index contributed by atoms with van der Waals surface area (Å²) in [6, 6.07) is 0. The number of sulfonamides is 1. The standard InChI is InChI=1S/C11H19N3O4S/c1-3-18-11(15)8-19(16,17)13-6-4-5-10-7-12-14-9(10)2/h7,13H,3-6,8H2,1-2H3,(H,12,14). The quantitative estimate of drug-likeness (QED) is 0.523. The number of nitrogens with one attached hydrogen (secondary N) is 2. The molecule has 0 amide bonds. The molecule has 0 saturated carbocycles. The van der Waals surface area contributed by atoms with E-state index < -0.39 is 21.7 Å². The van der Waals surface area contributed by atoms with Crippen molar-refractivity contribution in [2.75, 3.05) is 18.9 Å². The molecule has 8 heteroatoms. The van der Waals surface area contributed by atoms with Crippen molar-refractivity contribution < 1.29 is 17.9 Å². The molecule has 0 aliphatic heterocycles. The Hall–Kier alpha value is -1.41. The van der Waals surface area contributed by atoms with Crippen LogP contribution in [0, 0.1) is 6.92 Å². The number of carbonyl (C=O) groups excluding carboxylic acids is 1.